The molecule has 3 heterocycles. The third kappa shape index (κ3) is 5.36. The summed E-state index contributed by atoms with van der Waals surface area (Å²) < 4.78 is 1.99. The number of carbonyl (C=O) groups excluding carboxylic acids is 1. The van der Waals surface area contributed by atoms with Crippen LogP contribution in [0.4, 0.5) is 5.82 Å². The van der Waals surface area contributed by atoms with Crippen molar-refractivity contribution in [1.82, 2.24) is 25.3 Å². The summed E-state index contributed by atoms with van der Waals surface area (Å²) in [5.74, 6) is 1.00. The molecule has 7 heteroatoms. The van der Waals surface area contributed by atoms with Crippen molar-refractivity contribution in [1.29, 1.82) is 0 Å². The quantitative estimate of drug-likeness (QED) is 0.386. The monoisotopic (exact) mass is 496 g/mol. The molecule has 1 saturated heterocycles. The average molecular weight is 497 g/mol. The first kappa shape index (κ1) is 24.9. The molecule has 192 valence electrons. The second-order valence-corrected chi connectivity index (χ2v) is 10.4. The van der Waals surface area contributed by atoms with Gasteiger partial charge in [0.05, 0.1) is 22.5 Å². The number of benzene rings is 2. The molecular formula is C30H36N6O. The molecule has 2 aromatic heterocycles. The highest BCUT2D eigenvalue weighted by atomic mass is 16.1. The Morgan fingerprint density at radius 3 is 2.41 bits per heavy atom. The Morgan fingerprint density at radius 2 is 1.70 bits per heavy atom. The second-order valence-electron chi connectivity index (χ2n) is 10.4. The van der Waals surface area contributed by atoms with Gasteiger partial charge in [-0.15, -0.1) is 5.10 Å². The van der Waals surface area contributed by atoms with Crippen LogP contribution in [-0.2, 0) is 11.2 Å². The van der Waals surface area contributed by atoms with Gasteiger partial charge in [-0.05, 0) is 71.1 Å². The van der Waals surface area contributed by atoms with Crippen LogP contribution in [0.3, 0.4) is 0 Å². The maximum atomic E-state index is 13.0. The van der Waals surface area contributed by atoms with Crippen LogP contribution in [0.2, 0.25) is 0 Å². The summed E-state index contributed by atoms with van der Waals surface area (Å²) in [6.45, 7) is 9.79. The van der Waals surface area contributed by atoms with Crippen LogP contribution in [0.5, 0.6) is 0 Å². The van der Waals surface area contributed by atoms with Gasteiger partial charge in [0.25, 0.3) is 0 Å². The van der Waals surface area contributed by atoms with Gasteiger partial charge in [-0.1, -0.05) is 48.0 Å². The van der Waals surface area contributed by atoms with Crippen LogP contribution < -0.4 is 10.2 Å². The highest BCUT2D eigenvalue weighted by Crippen LogP contribution is 2.31. The molecule has 4 aromatic rings. The molecule has 0 saturated carbocycles. The van der Waals surface area contributed by atoms with E-state index in [1.54, 1.807) is 0 Å². The fraction of sp³-hybridized carbons (Fsp3) is 0.400. The highest BCUT2D eigenvalue weighted by Gasteiger charge is 2.29. The SMILES string of the molecule is Cc1ccc(-n2nc3c(N4CCC(C(=O)NC(C)CCc5ccccc5)CC4)nnc(C)c3c2C)cc1. The van der Waals surface area contributed by atoms with Crippen molar-refractivity contribution in [2.24, 2.45) is 5.92 Å². The zero-order valence-corrected chi connectivity index (χ0v) is 22.2. The second kappa shape index (κ2) is 10.7. The fourth-order valence-electron chi connectivity index (χ4n) is 5.28. The van der Waals surface area contributed by atoms with E-state index in [0.29, 0.717) is 0 Å². The van der Waals surface area contributed by atoms with Crippen molar-refractivity contribution >= 4 is 22.6 Å². The van der Waals surface area contributed by atoms with E-state index in [4.69, 9.17) is 5.10 Å². The largest absolute Gasteiger partial charge is 0.353 e. The molecule has 2 aromatic carbocycles. The number of hydrogen-bond donors (Lipinski definition) is 1. The predicted octanol–water partition coefficient (Wildman–Crippen LogP) is 5.09. The zero-order chi connectivity index (χ0) is 25.9. The number of anilines is 1. The standard InChI is InChI=1S/C30H36N6O/c1-20-10-14-26(15-11-20)36-23(4)27-22(3)32-33-29(28(27)34-36)35-18-16-25(17-19-35)30(37)31-21(2)12-13-24-8-6-5-7-9-24/h5-11,14-15,21,25H,12-13,16-19H2,1-4H3,(H,31,37). The van der Waals surface area contributed by atoms with Gasteiger partial charge in [0.15, 0.2) is 5.82 Å². The summed E-state index contributed by atoms with van der Waals surface area (Å²) in [5, 5.41) is 18.3. The predicted molar refractivity (Wildman–Crippen MR) is 148 cm³/mol. The molecular weight excluding hydrogens is 460 g/mol. The number of rotatable bonds is 7. The summed E-state index contributed by atoms with van der Waals surface area (Å²) in [6, 6.07) is 19.0. The molecule has 1 atom stereocenters. The van der Waals surface area contributed by atoms with Gasteiger partial charge in [-0.2, -0.15) is 10.2 Å². The van der Waals surface area contributed by atoms with E-state index in [9.17, 15) is 4.79 Å². The molecule has 1 aliphatic rings. The number of aromatic nitrogens is 4. The van der Waals surface area contributed by atoms with Gasteiger partial charge in [0, 0.05) is 25.0 Å². The minimum absolute atomic E-state index is 0.0242. The third-order valence-corrected chi connectivity index (χ3v) is 7.53. The molecule has 0 aliphatic carbocycles. The first-order chi connectivity index (χ1) is 17.9. The summed E-state index contributed by atoms with van der Waals surface area (Å²) in [7, 11) is 0. The van der Waals surface area contributed by atoms with Crippen LogP contribution in [0.25, 0.3) is 16.6 Å². The van der Waals surface area contributed by atoms with Gasteiger partial charge in [-0.3, -0.25) is 4.79 Å². The molecule has 0 spiro atoms. The van der Waals surface area contributed by atoms with Gasteiger partial charge < -0.3 is 10.2 Å². The van der Waals surface area contributed by atoms with Crippen LogP contribution in [0.15, 0.2) is 54.6 Å². The topological polar surface area (TPSA) is 75.9 Å². The highest BCUT2D eigenvalue weighted by molar-refractivity contribution is 5.92. The minimum Gasteiger partial charge on any atom is -0.353 e. The molecule has 1 aliphatic heterocycles. The van der Waals surface area contributed by atoms with Crippen molar-refractivity contribution in [2.75, 3.05) is 18.0 Å². The third-order valence-electron chi connectivity index (χ3n) is 7.53. The van der Waals surface area contributed by atoms with Crippen molar-refractivity contribution in [3.63, 3.8) is 0 Å². The van der Waals surface area contributed by atoms with Crippen molar-refractivity contribution in [3.8, 4) is 5.69 Å². The molecule has 0 radical (unpaired) electrons. The van der Waals surface area contributed by atoms with Crippen LogP contribution in [0.1, 0.15) is 48.7 Å². The Bertz CT molecular complexity index is 1370. The number of amides is 1. The Hall–Kier alpha value is -3.74. The maximum Gasteiger partial charge on any atom is 0.223 e. The molecule has 1 fully saturated rings. The number of hydrogen-bond acceptors (Lipinski definition) is 5. The molecule has 37 heavy (non-hydrogen) atoms. The number of nitrogens with zero attached hydrogens (tertiary/aromatic N) is 5. The maximum absolute atomic E-state index is 13.0. The average Bonchev–Trinajstić information content (AvgIpc) is 3.26. The van der Waals surface area contributed by atoms with E-state index < -0.39 is 0 Å². The smallest absolute Gasteiger partial charge is 0.223 e. The molecule has 1 unspecified atom stereocenters. The van der Waals surface area contributed by atoms with E-state index in [0.717, 1.165) is 72.6 Å². The van der Waals surface area contributed by atoms with E-state index in [2.05, 4.69) is 89.7 Å². The Kier molecular flexibility index (Phi) is 7.22. The summed E-state index contributed by atoms with van der Waals surface area (Å²) in [6.07, 6.45) is 3.50. The number of fused-ring (bicyclic) bond motifs is 1. The van der Waals surface area contributed by atoms with E-state index in [-0.39, 0.29) is 17.9 Å². The van der Waals surface area contributed by atoms with E-state index in [1.807, 2.05) is 17.7 Å². The first-order valence-corrected chi connectivity index (χ1v) is 13.3. The molecule has 7 nitrogen and oxygen atoms in total. The number of carbonyl (C=O) groups is 1. The number of piperidine rings is 1. The Labute approximate surface area is 218 Å². The van der Waals surface area contributed by atoms with Crippen molar-refractivity contribution in [2.45, 2.75) is 59.4 Å². The molecule has 0 bridgehead atoms. The number of aryl methyl sites for hydroxylation is 4. The summed E-state index contributed by atoms with van der Waals surface area (Å²) in [4.78, 5) is 15.2. The van der Waals surface area contributed by atoms with Gasteiger partial charge in [0.1, 0.15) is 5.52 Å². The lowest BCUT2D eigenvalue weighted by Crippen LogP contribution is -2.43. The van der Waals surface area contributed by atoms with Gasteiger partial charge in [0.2, 0.25) is 5.91 Å². The first-order valence-electron chi connectivity index (χ1n) is 13.3. The van der Waals surface area contributed by atoms with Crippen LogP contribution >= 0.6 is 0 Å². The number of nitrogens with one attached hydrogen (secondary N) is 1. The van der Waals surface area contributed by atoms with E-state index in [1.165, 1.54) is 11.1 Å². The van der Waals surface area contributed by atoms with Crippen molar-refractivity contribution < 1.29 is 4.79 Å². The Morgan fingerprint density at radius 1 is 1.00 bits per heavy atom. The minimum atomic E-state index is 0.0242. The lowest BCUT2D eigenvalue weighted by molar-refractivity contribution is -0.126. The summed E-state index contributed by atoms with van der Waals surface area (Å²) in [5.41, 5.74) is 6.38. The van der Waals surface area contributed by atoms with Crippen molar-refractivity contribution in [3.05, 3.63) is 77.1 Å². The lowest BCUT2D eigenvalue weighted by Gasteiger charge is -2.32. The lowest BCUT2D eigenvalue weighted by atomic mass is 9.95. The van der Waals surface area contributed by atoms with Gasteiger partial charge in [-0.25, -0.2) is 4.68 Å². The van der Waals surface area contributed by atoms with E-state index >= 15 is 0 Å². The van der Waals surface area contributed by atoms with Gasteiger partial charge >= 0.3 is 0 Å². The molecule has 1 N–H and O–H groups in total. The fourth-order valence-corrected chi connectivity index (χ4v) is 5.28. The zero-order valence-electron chi connectivity index (χ0n) is 22.2. The Balaban J connectivity index is 1.25. The molecule has 5 rings (SSSR count). The molecule has 1 amide bonds. The normalized spacial score (nSPS) is 15.2. The summed E-state index contributed by atoms with van der Waals surface area (Å²) >= 11 is 0. The van der Waals surface area contributed by atoms with Crippen LogP contribution in [-0.4, -0.2) is 45.0 Å². The van der Waals surface area contributed by atoms with Crippen LogP contribution in [0, 0.1) is 26.7 Å².